The van der Waals surface area contributed by atoms with Gasteiger partial charge in [-0.1, -0.05) is 60.4 Å². The molecule has 1 aliphatic carbocycles. The second kappa shape index (κ2) is 9.27. The molecule has 0 spiro atoms. The lowest BCUT2D eigenvalue weighted by Gasteiger charge is -2.14. The molecule has 0 saturated heterocycles. The summed E-state index contributed by atoms with van der Waals surface area (Å²) in [5.74, 6) is 5.10. The molecule has 1 aliphatic rings. The van der Waals surface area contributed by atoms with Crippen LogP contribution < -0.4 is 5.32 Å². The van der Waals surface area contributed by atoms with Gasteiger partial charge < -0.3 is 10.1 Å². The zero-order chi connectivity index (χ0) is 21.6. The van der Waals surface area contributed by atoms with Crippen LogP contribution in [0, 0.1) is 17.7 Å². The minimum atomic E-state index is -0.599. The van der Waals surface area contributed by atoms with Gasteiger partial charge in [0.2, 0.25) is 0 Å². The number of carbonyl (C=O) groups excluding carboxylic acids is 2. The van der Waals surface area contributed by atoms with Gasteiger partial charge in [0.05, 0.1) is 5.56 Å². The van der Waals surface area contributed by atoms with E-state index < -0.39 is 11.9 Å². The van der Waals surface area contributed by atoms with Crippen molar-refractivity contribution in [1.29, 1.82) is 0 Å². The second-order valence-electron chi connectivity index (χ2n) is 7.16. The first-order chi connectivity index (χ1) is 15.2. The van der Waals surface area contributed by atoms with Crippen LogP contribution in [0.2, 0.25) is 0 Å². The summed E-state index contributed by atoms with van der Waals surface area (Å²) in [5.41, 5.74) is 5.16. The van der Waals surface area contributed by atoms with Crippen molar-refractivity contribution in [3.8, 4) is 23.0 Å². The first-order valence-electron chi connectivity index (χ1n) is 10.00. The highest BCUT2D eigenvalue weighted by Gasteiger charge is 2.28. The van der Waals surface area contributed by atoms with Gasteiger partial charge in [-0.05, 0) is 40.5 Å². The van der Waals surface area contributed by atoms with Gasteiger partial charge >= 0.3 is 6.09 Å². The molecule has 154 valence electrons. The Morgan fingerprint density at radius 1 is 1.03 bits per heavy atom. The van der Waals surface area contributed by atoms with Crippen LogP contribution in [0.1, 0.15) is 39.4 Å². The molecular weight excluding hydrogens is 393 g/mol. The molecule has 3 aromatic carbocycles. The molecule has 0 saturated carbocycles. The average molecular weight is 413 g/mol. The lowest BCUT2D eigenvalue weighted by Crippen LogP contribution is -2.26. The van der Waals surface area contributed by atoms with Crippen LogP contribution in [0.5, 0.6) is 0 Å². The molecule has 3 aromatic rings. The zero-order valence-corrected chi connectivity index (χ0v) is 16.7. The molecule has 0 aromatic heterocycles. The Morgan fingerprint density at radius 2 is 1.71 bits per heavy atom. The molecule has 0 fully saturated rings. The third kappa shape index (κ3) is 4.49. The predicted molar refractivity (Wildman–Crippen MR) is 116 cm³/mol. The molecule has 31 heavy (non-hydrogen) atoms. The quantitative estimate of drug-likeness (QED) is 0.367. The summed E-state index contributed by atoms with van der Waals surface area (Å²) in [6.45, 7) is 0.576. The smallest absolute Gasteiger partial charge is 0.407 e. The third-order valence-electron chi connectivity index (χ3n) is 5.22. The number of ether oxygens (including phenoxy) is 1. The number of nitrogens with one attached hydrogen (secondary N) is 1. The average Bonchev–Trinajstić information content (AvgIpc) is 3.11. The number of hydrogen-bond donors (Lipinski definition) is 1. The standard InChI is InChI=1S/C26H20FNO3/c27-25-15-18(12-13-19(25)16-29)7-5-6-14-28-26(30)31-17-24-22-10-3-1-8-20(22)21-9-2-4-11-23(21)24/h1-4,8-13,15-16,24H,6,14,17H2,(H,28,30). The summed E-state index contributed by atoms with van der Waals surface area (Å²) >= 11 is 0. The van der Waals surface area contributed by atoms with Crippen molar-refractivity contribution < 1.29 is 18.7 Å². The van der Waals surface area contributed by atoms with Gasteiger partial charge in [0, 0.05) is 24.4 Å². The van der Waals surface area contributed by atoms with Crippen LogP contribution in [-0.4, -0.2) is 25.5 Å². The van der Waals surface area contributed by atoms with Gasteiger partial charge in [-0.25, -0.2) is 9.18 Å². The number of alkyl carbamates (subject to hydrolysis) is 1. The van der Waals surface area contributed by atoms with E-state index in [1.165, 1.54) is 23.3 Å². The summed E-state index contributed by atoms with van der Waals surface area (Å²) in [7, 11) is 0. The molecular formula is C26H20FNO3. The lowest BCUT2D eigenvalue weighted by atomic mass is 9.98. The summed E-state index contributed by atoms with van der Waals surface area (Å²) in [5, 5.41) is 2.69. The van der Waals surface area contributed by atoms with E-state index in [1.54, 1.807) is 6.07 Å². The molecule has 0 radical (unpaired) electrons. The molecule has 4 rings (SSSR count). The van der Waals surface area contributed by atoms with Crippen molar-refractivity contribution in [2.75, 3.05) is 13.2 Å². The van der Waals surface area contributed by atoms with E-state index >= 15 is 0 Å². The highest BCUT2D eigenvalue weighted by Crippen LogP contribution is 2.44. The molecule has 0 atom stereocenters. The Kier molecular flexibility index (Phi) is 6.09. The van der Waals surface area contributed by atoms with E-state index in [4.69, 9.17) is 4.74 Å². The second-order valence-corrected chi connectivity index (χ2v) is 7.16. The molecule has 4 nitrogen and oxygen atoms in total. The van der Waals surface area contributed by atoms with Crippen LogP contribution in [0.15, 0.2) is 66.7 Å². The van der Waals surface area contributed by atoms with Gasteiger partial charge in [0.25, 0.3) is 0 Å². The summed E-state index contributed by atoms with van der Waals surface area (Å²) in [6, 6.07) is 20.5. The van der Waals surface area contributed by atoms with E-state index in [2.05, 4.69) is 41.4 Å². The van der Waals surface area contributed by atoms with Gasteiger partial charge in [-0.15, -0.1) is 0 Å². The van der Waals surface area contributed by atoms with Crippen molar-refractivity contribution >= 4 is 12.4 Å². The van der Waals surface area contributed by atoms with Crippen molar-refractivity contribution in [3.05, 3.63) is 94.8 Å². The molecule has 5 heteroatoms. The Balaban J connectivity index is 1.28. The number of rotatable bonds is 5. The number of carbonyl (C=O) groups is 2. The van der Waals surface area contributed by atoms with Gasteiger partial charge in [0.1, 0.15) is 12.4 Å². The molecule has 0 bridgehead atoms. The summed E-state index contributed by atoms with van der Waals surface area (Å²) in [6.07, 6.45) is 0.358. The number of hydrogen-bond acceptors (Lipinski definition) is 3. The minimum absolute atomic E-state index is 0.00229. The summed E-state index contributed by atoms with van der Waals surface area (Å²) in [4.78, 5) is 22.7. The van der Waals surface area contributed by atoms with Crippen LogP contribution in [0.4, 0.5) is 9.18 Å². The fourth-order valence-electron chi connectivity index (χ4n) is 3.74. The first kappa shape index (κ1) is 20.4. The summed E-state index contributed by atoms with van der Waals surface area (Å²) < 4.78 is 19.0. The Bertz CT molecular complexity index is 1150. The highest BCUT2D eigenvalue weighted by atomic mass is 19.1. The van der Waals surface area contributed by atoms with Crippen molar-refractivity contribution in [3.63, 3.8) is 0 Å². The van der Waals surface area contributed by atoms with Crippen molar-refractivity contribution in [1.82, 2.24) is 5.32 Å². The SMILES string of the molecule is O=Cc1ccc(C#CCCNC(=O)OCC2c3ccccc3-c3ccccc32)cc1F. The normalized spacial score (nSPS) is 11.6. The Labute approximate surface area is 180 Å². The van der Waals surface area contributed by atoms with Crippen molar-refractivity contribution in [2.45, 2.75) is 12.3 Å². The minimum Gasteiger partial charge on any atom is -0.449 e. The lowest BCUT2D eigenvalue weighted by molar-refractivity contribution is 0.111. The molecule has 0 heterocycles. The van der Waals surface area contributed by atoms with E-state index in [1.807, 2.05) is 24.3 Å². The number of benzene rings is 3. The fourth-order valence-corrected chi connectivity index (χ4v) is 3.74. The van der Waals surface area contributed by atoms with Crippen LogP contribution in [0.3, 0.4) is 0 Å². The molecule has 0 unspecified atom stereocenters. The van der Waals surface area contributed by atoms with Gasteiger partial charge in [-0.3, -0.25) is 4.79 Å². The largest absolute Gasteiger partial charge is 0.449 e. The van der Waals surface area contributed by atoms with Crippen molar-refractivity contribution in [2.24, 2.45) is 0 Å². The van der Waals surface area contributed by atoms with E-state index in [-0.39, 0.29) is 18.1 Å². The van der Waals surface area contributed by atoms with Crippen LogP contribution in [0.25, 0.3) is 11.1 Å². The molecule has 0 aliphatic heterocycles. The van der Waals surface area contributed by atoms with Gasteiger partial charge in [0.15, 0.2) is 6.29 Å². The van der Waals surface area contributed by atoms with E-state index in [0.717, 1.165) is 11.1 Å². The topological polar surface area (TPSA) is 55.4 Å². The van der Waals surface area contributed by atoms with E-state index in [9.17, 15) is 14.0 Å². The predicted octanol–water partition coefficient (Wildman–Crippen LogP) is 4.92. The van der Waals surface area contributed by atoms with Crippen LogP contribution in [-0.2, 0) is 4.74 Å². The van der Waals surface area contributed by atoms with E-state index in [0.29, 0.717) is 24.8 Å². The Hall–Kier alpha value is -3.91. The monoisotopic (exact) mass is 413 g/mol. The highest BCUT2D eigenvalue weighted by molar-refractivity contribution is 5.79. The number of fused-ring (bicyclic) bond motifs is 3. The maximum Gasteiger partial charge on any atom is 0.407 e. The van der Waals surface area contributed by atoms with Gasteiger partial charge in [-0.2, -0.15) is 0 Å². The number of amides is 1. The fraction of sp³-hybridized carbons (Fsp3) is 0.154. The third-order valence-corrected chi connectivity index (χ3v) is 5.22. The number of aldehydes is 1. The zero-order valence-electron chi connectivity index (χ0n) is 16.7. The maximum atomic E-state index is 13.6. The first-order valence-corrected chi connectivity index (χ1v) is 10.00. The molecule has 1 amide bonds. The number of halogens is 1. The van der Waals surface area contributed by atoms with Crippen LogP contribution >= 0.6 is 0 Å². The molecule has 1 N–H and O–H groups in total. The Morgan fingerprint density at radius 3 is 2.35 bits per heavy atom. The maximum absolute atomic E-state index is 13.6.